The van der Waals surface area contributed by atoms with Gasteiger partial charge in [0.25, 0.3) is 0 Å². The van der Waals surface area contributed by atoms with Gasteiger partial charge in [0.1, 0.15) is 5.82 Å². The Morgan fingerprint density at radius 1 is 1.36 bits per heavy atom. The second-order valence-corrected chi connectivity index (χ2v) is 7.08. The van der Waals surface area contributed by atoms with Gasteiger partial charge in [-0.15, -0.1) is 0 Å². The van der Waals surface area contributed by atoms with Gasteiger partial charge < -0.3 is 25.8 Å². The Balaban J connectivity index is 1.81. The standard InChI is InChI=1S/C17H30N6O2/c1-12(2)14-10-22(6-4-7-23-8-5-19-13(23)3)11-15(14)21-16(24)9-20-17(18)25/h5,8,12,14-15H,4,6-7,9-11H2,1-3H3,(H,21,24)(H3,18,20,25)/t14-,15+/m1/s1. The molecule has 0 spiro atoms. The molecule has 140 valence electrons. The molecule has 4 N–H and O–H groups in total. The zero-order valence-corrected chi connectivity index (χ0v) is 15.4. The molecule has 1 fully saturated rings. The summed E-state index contributed by atoms with van der Waals surface area (Å²) in [6.45, 7) is 10.1. The van der Waals surface area contributed by atoms with Gasteiger partial charge in [0.05, 0.1) is 6.54 Å². The quantitative estimate of drug-likeness (QED) is 0.628. The van der Waals surface area contributed by atoms with Crippen molar-refractivity contribution in [3.8, 4) is 0 Å². The Hall–Kier alpha value is -2.09. The van der Waals surface area contributed by atoms with Gasteiger partial charge in [-0.05, 0) is 31.7 Å². The van der Waals surface area contributed by atoms with Gasteiger partial charge in [-0.25, -0.2) is 9.78 Å². The molecule has 0 aliphatic carbocycles. The molecule has 0 aromatic carbocycles. The molecule has 1 aromatic rings. The summed E-state index contributed by atoms with van der Waals surface area (Å²) >= 11 is 0. The summed E-state index contributed by atoms with van der Waals surface area (Å²) in [6, 6.07) is -0.574. The van der Waals surface area contributed by atoms with Crippen molar-refractivity contribution >= 4 is 11.9 Å². The van der Waals surface area contributed by atoms with Gasteiger partial charge in [-0.2, -0.15) is 0 Å². The number of nitrogens with two attached hydrogens (primary N) is 1. The van der Waals surface area contributed by atoms with Crippen LogP contribution in [0.15, 0.2) is 12.4 Å². The van der Waals surface area contributed by atoms with Crippen LogP contribution in [0.25, 0.3) is 0 Å². The highest BCUT2D eigenvalue weighted by molar-refractivity contribution is 5.83. The summed E-state index contributed by atoms with van der Waals surface area (Å²) in [5.41, 5.74) is 5.01. The maximum absolute atomic E-state index is 12.0. The number of imidazole rings is 1. The molecular weight excluding hydrogens is 320 g/mol. The van der Waals surface area contributed by atoms with Crippen molar-refractivity contribution in [3.05, 3.63) is 18.2 Å². The van der Waals surface area contributed by atoms with E-state index in [1.165, 1.54) is 0 Å². The van der Waals surface area contributed by atoms with E-state index in [2.05, 4.69) is 38.9 Å². The normalized spacial score (nSPS) is 20.8. The van der Waals surface area contributed by atoms with Crippen molar-refractivity contribution in [3.63, 3.8) is 0 Å². The van der Waals surface area contributed by atoms with Crippen LogP contribution >= 0.6 is 0 Å². The fraction of sp³-hybridized carbons (Fsp3) is 0.706. The van der Waals surface area contributed by atoms with E-state index < -0.39 is 6.03 Å². The molecule has 8 heteroatoms. The Labute approximate surface area is 149 Å². The number of primary amides is 1. The zero-order valence-electron chi connectivity index (χ0n) is 15.4. The molecule has 0 radical (unpaired) electrons. The molecule has 1 aromatic heterocycles. The van der Waals surface area contributed by atoms with Crippen LogP contribution in [0.2, 0.25) is 0 Å². The molecule has 0 saturated carbocycles. The number of carbonyl (C=O) groups excluding carboxylic acids is 2. The molecule has 3 amide bonds. The third-order valence-corrected chi connectivity index (χ3v) is 4.86. The largest absolute Gasteiger partial charge is 0.352 e. The minimum absolute atomic E-state index is 0.0729. The lowest BCUT2D eigenvalue weighted by molar-refractivity contribution is -0.121. The van der Waals surface area contributed by atoms with Gasteiger partial charge in [0.2, 0.25) is 5.91 Å². The van der Waals surface area contributed by atoms with Gasteiger partial charge in [-0.1, -0.05) is 13.8 Å². The number of nitrogens with zero attached hydrogens (tertiary/aromatic N) is 3. The van der Waals surface area contributed by atoms with Crippen LogP contribution in [0, 0.1) is 18.8 Å². The maximum Gasteiger partial charge on any atom is 0.312 e. The predicted molar refractivity (Wildman–Crippen MR) is 95.9 cm³/mol. The second kappa shape index (κ2) is 8.84. The number of rotatable bonds is 8. The number of hydrogen-bond donors (Lipinski definition) is 3. The monoisotopic (exact) mass is 350 g/mol. The second-order valence-electron chi connectivity index (χ2n) is 7.08. The first-order valence-electron chi connectivity index (χ1n) is 8.89. The highest BCUT2D eigenvalue weighted by Crippen LogP contribution is 2.24. The van der Waals surface area contributed by atoms with Crippen LogP contribution < -0.4 is 16.4 Å². The number of aryl methyl sites for hydroxylation is 2. The fourth-order valence-electron chi connectivity index (χ4n) is 3.45. The van der Waals surface area contributed by atoms with Crippen molar-refractivity contribution in [2.75, 3.05) is 26.2 Å². The average Bonchev–Trinajstić information content (AvgIpc) is 3.12. The highest BCUT2D eigenvalue weighted by Gasteiger charge is 2.35. The van der Waals surface area contributed by atoms with Crippen LogP contribution in [0.3, 0.4) is 0 Å². The zero-order chi connectivity index (χ0) is 18.4. The van der Waals surface area contributed by atoms with E-state index in [0.717, 1.165) is 38.4 Å². The van der Waals surface area contributed by atoms with Crippen molar-refractivity contribution in [2.24, 2.45) is 17.6 Å². The minimum Gasteiger partial charge on any atom is -0.352 e. The molecule has 25 heavy (non-hydrogen) atoms. The molecule has 1 aliphatic rings. The number of urea groups is 1. The predicted octanol–water partition coefficient (Wildman–Crippen LogP) is 0.323. The molecule has 1 saturated heterocycles. The van der Waals surface area contributed by atoms with Crippen molar-refractivity contribution in [2.45, 2.75) is 39.8 Å². The average molecular weight is 350 g/mol. The summed E-state index contributed by atoms with van der Waals surface area (Å²) in [6.07, 6.45) is 4.88. The molecular formula is C17H30N6O2. The van der Waals surface area contributed by atoms with Crippen molar-refractivity contribution in [1.29, 1.82) is 0 Å². The Bertz CT molecular complexity index is 585. The summed E-state index contributed by atoms with van der Waals surface area (Å²) in [4.78, 5) is 29.3. The summed E-state index contributed by atoms with van der Waals surface area (Å²) < 4.78 is 2.16. The van der Waals surface area contributed by atoms with Gasteiger partial charge >= 0.3 is 6.03 Å². The molecule has 8 nitrogen and oxygen atoms in total. The Kier molecular flexibility index (Phi) is 6.81. The van der Waals surface area contributed by atoms with E-state index in [9.17, 15) is 9.59 Å². The lowest BCUT2D eigenvalue weighted by Gasteiger charge is -2.23. The topological polar surface area (TPSA) is 105 Å². The fourth-order valence-corrected chi connectivity index (χ4v) is 3.45. The van der Waals surface area contributed by atoms with Crippen LogP contribution in [0.5, 0.6) is 0 Å². The number of aromatic nitrogens is 2. The van der Waals surface area contributed by atoms with Gasteiger partial charge in [-0.3, -0.25) is 4.79 Å². The van der Waals surface area contributed by atoms with E-state index in [4.69, 9.17) is 5.73 Å². The molecule has 0 unspecified atom stereocenters. The number of nitrogens with one attached hydrogen (secondary N) is 2. The van der Waals surface area contributed by atoms with Gasteiger partial charge in [0.15, 0.2) is 0 Å². The first-order chi connectivity index (χ1) is 11.9. The van der Waals surface area contributed by atoms with E-state index in [1.54, 1.807) is 0 Å². The minimum atomic E-state index is -0.682. The van der Waals surface area contributed by atoms with E-state index in [0.29, 0.717) is 11.8 Å². The molecule has 1 aliphatic heterocycles. The first kappa shape index (κ1) is 19.2. The number of hydrogen-bond acceptors (Lipinski definition) is 4. The summed E-state index contributed by atoms with van der Waals surface area (Å²) in [5, 5.41) is 5.38. The van der Waals surface area contributed by atoms with Gasteiger partial charge in [0, 0.05) is 38.1 Å². The smallest absolute Gasteiger partial charge is 0.312 e. The lowest BCUT2D eigenvalue weighted by atomic mass is 9.91. The SMILES string of the molecule is Cc1nccn1CCCN1C[C@H](NC(=O)CNC(N)=O)[C@@H](C(C)C)C1. The van der Waals surface area contributed by atoms with Crippen LogP contribution in [0.1, 0.15) is 26.1 Å². The van der Waals surface area contributed by atoms with E-state index in [1.807, 2.05) is 19.3 Å². The Morgan fingerprint density at radius 2 is 2.12 bits per heavy atom. The first-order valence-corrected chi connectivity index (χ1v) is 8.89. The lowest BCUT2D eigenvalue weighted by Crippen LogP contribution is -2.47. The molecule has 0 bridgehead atoms. The van der Waals surface area contributed by atoms with Crippen LogP contribution in [-0.4, -0.2) is 58.6 Å². The van der Waals surface area contributed by atoms with Crippen molar-refractivity contribution in [1.82, 2.24) is 25.1 Å². The van der Waals surface area contributed by atoms with E-state index in [-0.39, 0.29) is 18.5 Å². The highest BCUT2D eigenvalue weighted by atomic mass is 16.2. The number of amides is 3. The van der Waals surface area contributed by atoms with Crippen molar-refractivity contribution < 1.29 is 9.59 Å². The third-order valence-electron chi connectivity index (χ3n) is 4.86. The maximum atomic E-state index is 12.0. The van der Waals surface area contributed by atoms with Crippen LogP contribution in [-0.2, 0) is 11.3 Å². The number of carbonyl (C=O) groups is 2. The molecule has 2 heterocycles. The summed E-state index contributed by atoms with van der Waals surface area (Å²) in [7, 11) is 0. The number of likely N-dealkylation sites (tertiary alicyclic amines) is 1. The Morgan fingerprint density at radius 3 is 2.72 bits per heavy atom. The molecule has 2 rings (SSSR count). The van der Waals surface area contributed by atoms with E-state index >= 15 is 0 Å². The summed E-state index contributed by atoms with van der Waals surface area (Å²) in [5.74, 6) is 1.74. The van der Waals surface area contributed by atoms with Crippen LogP contribution in [0.4, 0.5) is 4.79 Å². The molecule has 2 atom stereocenters. The third kappa shape index (κ3) is 5.74.